The molecule has 1 aromatic heterocycles. The number of amides is 1. The highest BCUT2D eigenvalue weighted by Crippen LogP contribution is 2.14. The van der Waals surface area contributed by atoms with Crippen molar-refractivity contribution >= 4 is 11.6 Å². The summed E-state index contributed by atoms with van der Waals surface area (Å²) < 4.78 is 1.74. The molecule has 0 aliphatic carbocycles. The highest BCUT2D eigenvalue weighted by Gasteiger charge is 2.11. The van der Waals surface area contributed by atoms with Gasteiger partial charge in [-0.05, 0) is 12.1 Å². The van der Waals surface area contributed by atoms with E-state index in [1.54, 1.807) is 41.4 Å². The predicted molar refractivity (Wildman–Crippen MR) is 70.4 cm³/mol. The number of nitrogens with one attached hydrogen (secondary N) is 1. The van der Waals surface area contributed by atoms with Gasteiger partial charge in [0.1, 0.15) is 11.8 Å². The van der Waals surface area contributed by atoms with E-state index in [2.05, 4.69) is 10.3 Å². The van der Waals surface area contributed by atoms with Gasteiger partial charge in [0.05, 0.1) is 17.6 Å². The van der Waals surface area contributed by atoms with Crippen molar-refractivity contribution in [2.45, 2.75) is 6.54 Å². The first-order valence-corrected chi connectivity index (χ1v) is 5.77. The number of imidazole rings is 1. The lowest BCUT2D eigenvalue weighted by Gasteiger charge is -2.04. The van der Waals surface area contributed by atoms with E-state index in [1.807, 2.05) is 6.07 Å². The molecule has 19 heavy (non-hydrogen) atoms. The van der Waals surface area contributed by atoms with Crippen LogP contribution in [0.3, 0.4) is 0 Å². The molecular formula is C13H13N5O. The molecule has 0 saturated carbocycles. The van der Waals surface area contributed by atoms with Gasteiger partial charge >= 0.3 is 0 Å². The van der Waals surface area contributed by atoms with Crippen LogP contribution in [-0.2, 0) is 6.54 Å². The molecular weight excluding hydrogens is 242 g/mol. The molecule has 0 unspecified atom stereocenters. The van der Waals surface area contributed by atoms with Crippen LogP contribution >= 0.6 is 0 Å². The summed E-state index contributed by atoms with van der Waals surface area (Å²) in [5.41, 5.74) is 6.60. The largest absolute Gasteiger partial charge is 0.335 e. The molecule has 3 N–H and O–H groups in total. The van der Waals surface area contributed by atoms with E-state index in [1.165, 1.54) is 0 Å². The number of hydrogen-bond donors (Lipinski definition) is 2. The van der Waals surface area contributed by atoms with Crippen molar-refractivity contribution in [3.05, 3.63) is 48.0 Å². The van der Waals surface area contributed by atoms with E-state index in [9.17, 15) is 4.79 Å². The van der Waals surface area contributed by atoms with Crippen LogP contribution in [0, 0.1) is 11.3 Å². The van der Waals surface area contributed by atoms with E-state index in [0.29, 0.717) is 30.0 Å². The average molecular weight is 255 g/mol. The van der Waals surface area contributed by atoms with Crippen molar-refractivity contribution in [2.24, 2.45) is 5.73 Å². The normalized spacial score (nSPS) is 9.89. The highest BCUT2D eigenvalue weighted by molar-refractivity contribution is 6.03. The second kappa shape index (κ2) is 5.80. The van der Waals surface area contributed by atoms with Gasteiger partial charge in [-0.2, -0.15) is 5.26 Å². The lowest BCUT2D eigenvalue weighted by molar-refractivity contribution is 0.102. The first kappa shape index (κ1) is 12.8. The molecule has 0 aliphatic heterocycles. The molecule has 1 heterocycles. The van der Waals surface area contributed by atoms with E-state index < -0.39 is 0 Å². The minimum absolute atomic E-state index is 0.293. The van der Waals surface area contributed by atoms with Crippen LogP contribution in [0.25, 0.3) is 0 Å². The first-order valence-electron chi connectivity index (χ1n) is 5.77. The molecule has 6 nitrogen and oxygen atoms in total. The summed E-state index contributed by atoms with van der Waals surface area (Å²) in [6.07, 6.45) is 3.18. The van der Waals surface area contributed by atoms with Crippen LogP contribution in [0.5, 0.6) is 0 Å². The van der Waals surface area contributed by atoms with Crippen LogP contribution in [0.4, 0.5) is 5.69 Å². The molecule has 6 heteroatoms. The topological polar surface area (TPSA) is 96.7 Å². The fourth-order valence-electron chi connectivity index (χ4n) is 1.62. The van der Waals surface area contributed by atoms with E-state index >= 15 is 0 Å². The maximum Gasteiger partial charge on any atom is 0.275 e. The summed E-state index contributed by atoms with van der Waals surface area (Å²) >= 11 is 0. The van der Waals surface area contributed by atoms with Crippen LogP contribution in [0.2, 0.25) is 0 Å². The molecule has 0 aliphatic rings. The van der Waals surface area contributed by atoms with Crippen molar-refractivity contribution in [1.82, 2.24) is 9.55 Å². The average Bonchev–Trinajstić information content (AvgIpc) is 2.88. The van der Waals surface area contributed by atoms with Crippen LogP contribution in [0.15, 0.2) is 36.8 Å². The highest BCUT2D eigenvalue weighted by atomic mass is 16.1. The van der Waals surface area contributed by atoms with Gasteiger partial charge < -0.3 is 15.6 Å². The zero-order valence-corrected chi connectivity index (χ0v) is 10.2. The Morgan fingerprint density at radius 2 is 2.26 bits per heavy atom. The van der Waals surface area contributed by atoms with Crippen LogP contribution < -0.4 is 11.1 Å². The Kier molecular flexibility index (Phi) is 3.90. The standard InChI is InChI=1S/C13H13N5O/c14-5-6-18-8-12(16-9-18)13(19)17-11-4-2-1-3-10(11)7-15/h1-4,8-9H,5-6,14H2,(H,17,19). The van der Waals surface area contributed by atoms with Gasteiger partial charge in [0.2, 0.25) is 0 Å². The number of anilines is 1. The zero-order valence-electron chi connectivity index (χ0n) is 10.2. The van der Waals surface area contributed by atoms with Crippen LogP contribution in [-0.4, -0.2) is 22.0 Å². The minimum Gasteiger partial charge on any atom is -0.335 e. The molecule has 96 valence electrons. The second-order valence-corrected chi connectivity index (χ2v) is 3.90. The number of benzene rings is 1. The van der Waals surface area contributed by atoms with E-state index in [4.69, 9.17) is 11.0 Å². The molecule has 1 amide bonds. The summed E-state index contributed by atoms with van der Waals surface area (Å²) in [5.74, 6) is -0.349. The van der Waals surface area contributed by atoms with Gasteiger partial charge in [0.25, 0.3) is 5.91 Å². The first-order chi connectivity index (χ1) is 9.24. The van der Waals surface area contributed by atoms with Gasteiger partial charge in [-0.3, -0.25) is 4.79 Å². The third-order valence-electron chi connectivity index (χ3n) is 2.55. The van der Waals surface area contributed by atoms with Crippen LogP contribution in [0.1, 0.15) is 16.1 Å². The Hall–Kier alpha value is -2.65. The maximum absolute atomic E-state index is 12.0. The fourth-order valence-corrected chi connectivity index (χ4v) is 1.62. The quantitative estimate of drug-likeness (QED) is 0.850. The predicted octanol–water partition coefficient (Wildman–Crippen LogP) is 0.966. The maximum atomic E-state index is 12.0. The zero-order chi connectivity index (χ0) is 13.7. The molecule has 0 radical (unpaired) electrons. The smallest absolute Gasteiger partial charge is 0.275 e. The molecule has 0 spiro atoms. The van der Waals surface area contributed by atoms with E-state index in [-0.39, 0.29) is 5.91 Å². The summed E-state index contributed by atoms with van der Waals surface area (Å²) in [5, 5.41) is 11.6. The molecule has 0 fully saturated rings. The van der Waals surface area contributed by atoms with Crippen molar-refractivity contribution < 1.29 is 4.79 Å². The number of nitrogens with two attached hydrogens (primary N) is 1. The molecule has 0 bridgehead atoms. The van der Waals surface area contributed by atoms with Gasteiger partial charge in [-0.25, -0.2) is 4.98 Å². The number of carbonyl (C=O) groups is 1. The Labute approximate surface area is 110 Å². The molecule has 1 aromatic carbocycles. The van der Waals surface area contributed by atoms with E-state index in [0.717, 1.165) is 0 Å². The molecule has 2 aromatic rings. The Balaban J connectivity index is 2.14. The summed E-state index contributed by atoms with van der Waals surface area (Å²) in [6.45, 7) is 1.09. The summed E-state index contributed by atoms with van der Waals surface area (Å²) in [7, 11) is 0. The van der Waals surface area contributed by atoms with Crippen molar-refractivity contribution in [3.63, 3.8) is 0 Å². The van der Waals surface area contributed by atoms with Gasteiger partial charge in [0, 0.05) is 19.3 Å². The Morgan fingerprint density at radius 1 is 1.47 bits per heavy atom. The minimum atomic E-state index is -0.349. The van der Waals surface area contributed by atoms with Gasteiger partial charge in [-0.15, -0.1) is 0 Å². The number of para-hydroxylation sites is 1. The molecule has 2 rings (SSSR count). The lowest BCUT2D eigenvalue weighted by Crippen LogP contribution is -2.13. The SMILES string of the molecule is N#Cc1ccccc1NC(=O)c1cn(CCN)cn1. The number of hydrogen-bond acceptors (Lipinski definition) is 4. The summed E-state index contributed by atoms with van der Waals surface area (Å²) in [4.78, 5) is 16.0. The summed E-state index contributed by atoms with van der Waals surface area (Å²) in [6, 6.07) is 8.83. The monoisotopic (exact) mass is 255 g/mol. The third kappa shape index (κ3) is 2.97. The Bertz CT molecular complexity index is 626. The number of carbonyl (C=O) groups excluding carboxylic acids is 1. The fraction of sp³-hybridized carbons (Fsp3) is 0.154. The van der Waals surface area contributed by atoms with Crippen molar-refractivity contribution in [2.75, 3.05) is 11.9 Å². The number of nitrogens with zero attached hydrogens (tertiary/aromatic N) is 3. The third-order valence-corrected chi connectivity index (χ3v) is 2.55. The number of rotatable bonds is 4. The van der Waals surface area contributed by atoms with Gasteiger partial charge in [0.15, 0.2) is 0 Å². The lowest BCUT2D eigenvalue weighted by atomic mass is 10.2. The van der Waals surface area contributed by atoms with Crippen molar-refractivity contribution in [3.8, 4) is 6.07 Å². The number of aromatic nitrogens is 2. The second-order valence-electron chi connectivity index (χ2n) is 3.90. The molecule has 0 atom stereocenters. The van der Waals surface area contributed by atoms with Crippen molar-refractivity contribution in [1.29, 1.82) is 5.26 Å². The van der Waals surface area contributed by atoms with Gasteiger partial charge in [-0.1, -0.05) is 12.1 Å². The Morgan fingerprint density at radius 3 is 3.00 bits per heavy atom. The molecule has 0 saturated heterocycles. The number of nitriles is 1.